The van der Waals surface area contributed by atoms with E-state index in [0.29, 0.717) is 6.07 Å². The minimum atomic E-state index is -4.58. The zero-order valence-electron chi connectivity index (χ0n) is 6.10. The molecule has 0 spiro atoms. The smallest absolute Gasteiger partial charge is 0.298 e. The second kappa shape index (κ2) is 3.33. The molecule has 0 amide bonds. The normalized spacial score (nSPS) is 11.4. The number of carbonyl (C=O) groups excluding carboxylic acids is 1. The minimum absolute atomic E-state index is 0.0398. The number of hydrogen-bond acceptors (Lipinski definition) is 2. The van der Waals surface area contributed by atoms with Gasteiger partial charge in [-0.3, -0.25) is 4.79 Å². The van der Waals surface area contributed by atoms with Gasteiger partial charge in [-0.1, -0.05) is 11.6 Å². The van der Waals surface area contributed by atoms with Gasteiger partial charge in [-0.15, -0.1) is 0 Å². The number of aromatic nitrogens is 1. The Morgan fingerprint density at radius 3 is 2.46 bits per heavy atom. The van der Waals surface area contributed by atoms with Crippen LogP contribution in [-0.2, 0) is 6.18 Å². The van der Waals surface area contributed by atoms with Crippen LogP contribution in [0.3, 0.4) is 0 Å². The van der Waals surface area contributed by atoms with Crippen LogP contribution in [0.1, 0.15) is 15.9 Å². The first-order chi connectivity index (χ1) is 5.96. The van der Waals surface area contributed by atoms with Crippen LogP contribution in [-0.4, -0.2) is 11.3 Å². The molecule has 6 heteroatoms. The molecule has 0 aromatic carbocycles. The third kappa shape index (κ3) is 1.98. The van der Waals surface area contributed by atoms with Crippen molar-refractivity contribution < 1.29 is 18.0 Å². The number of carbonyl (C=O) groups is 1. The summed E-state index contributed by atoms with van der Waals surface area (Å²) in [6, 6.07) is 0.704. The standard InChI is InChI=1S/C7H3ClF3NO/c8-6-4(3-13)5(1-2-12-6)7(9,10)11/h1-3H. The number of pyridine rings is 1. The molecular weight excluding hydrogens is 207 g/mol. The predicted molar refractivity (Wildman–Crippen MR) is 39.6 cm³/mol. The molecule has 1 rings (SSSR count). The number of rotatable bonds is 1. The number of halogens is 4. The monoisotopic (exact) mass is 209 g/mol. The Morgan fingerprint density at radius 1 is 1.46 bits per heavy atom. The molecule has 0 bridgehead atoms. The van der Waals surface area contributed by atoms with Gasteiger partial charge in [-0.25, -0.2) is 4.98 Å². The first kappa shape index (κ1) is 9.98. The maximum absolute atomic E-state index is 12.2. The van der Waals surface area contributed by atoms with Gasteiger partial charge in [0.25, 0.3) is 0 Å². The summed E-state index contributed by atoms with van der Waals surface area (Å²) >= 11 is 5.29. The van der Waals surface area contributed by atoms with Gasteiger partial charge in [0.15, 0.2) is 6.29 Å². The van der Waals surface area contributed by atoms with E-state index in [9.17, 15) is 18.0 Å². The molecular formula is C7H3ClF3NO. The molecule has 1 aromatic rings. The highest BCUT2D eigenvalue weighted by Gasteiger charge is 2.34. The maximum Gasteiger partial charge on any atom is 0.417 e. The van der Waals surface area contributed by atoms with Gasteiger partial charge >= 0.3 is 6.18 Å². The Kier molecular flexibility index (Phi) is 2.56. The topological polar surface area (TPSA) is 30.0 Å². The van der Waals surface area contributed by atoms with Crippen LogP contribution in [0.15, 0.2) is 12.3 Å². The van der Waals surface area contributed by atoms with Crippen LogP contribution in [0.5, 0.6) is 0 Å². The Bertz CT molecular complexity index is 337. The van der Waals surface area contributed by atoms with Crippen molar-refractivity contribution in [2.45, 2.75) is 6.18 Å². The lowest BCUT2D eigenvalue weighted by atomic mass is 10.1. The highest BCUT2D eigenvalue weighted by molar-refractivity contribution is 6.31. The van der Waals surface area contributed by atoms with E-state index in [4.69, 9.17) is 11.6 Å². The van der Waals surface area contributed by atoms with Crippen molar-refractivity contribution in [2.24, 2.45) is 0 Å². The molecule has 0 atom stereocenters. The van der Waals surface area contributed by atoms with Crippen LogP contribution in [0.4, 0.5) is 13.2 Å². The van der Waals surface area contributed by atoms with Gasteiger partial charge in [0.2, 0.25) is 0 Å². The second-order valence-corrected chi connectivity index (χ2v) is 2.54. The van der Waals surface area contributed by atoms with Crippen molar-refractivity contribution in [3.8, 4) is 0 Å². The summed E-state index contributed by atoms with van der Waals surface area (Å²) in [5.74, 6) is 0. The van der Waals surface area contributed by atoms with E-state index in [0.717, 1.165) is 6.20 Å². The number of aldehydes is 1. The third-order valence-electron chi connectivity index (χ3n) is 1.36. The van der Waals surface area contributed by atoms with E-state index >= 15 is 0 Å². The molecule has 0 aliphatic rings. The van der Waals surface area contributed by atoms with Crippen molar-refractivity contribution in [3.63, 3.8) is 0 Å². The summed E-state index contributed by atoms with van der Waals surface area (Å²) in [6.45, 7) is 0. The van der Waals surface area contributed by atoms with Crippen LogP contribution in [0, 0.1) is 0 Å². The van der Waals surface area contributed by atoms with E-state index in [1.807, 2.05) is 0 Å². The van der Waals surface area contributed by atoms with Gasteiger partial charge in [-0.05, 0) is 6.07 Å². The Hall–Kier alpha value is -1.10. The van der Waals surface area contributed by atoms with Gasteiger partial charge in [0.1, 0.15) is 5.15 Å². The Balaban J connectivity index is 3.37. The molecule has 70 valence electrons. The molecule has 2 nitrogen and oxygen atoms in total. The maximum atomic E-state index is 12.2. The molecule has 0 radical (unpaired) electrons. The predicted octanol–water partition coefficient (Wildman–Crippen LogP) is 2.57. The number of alkyl halides is 3. The van der Waals surface area contributed by atoms with Crippen LogP contribution in [0.25, 0.3) is 0 Å². The summed E-state index contributed by atoms with van der Waals surface area (Å²) in [6.07, 6.45) is -3.64. The van der Waals surface area contributed by atoms with Crippen molar-refractivity contribution >= 4 is 17.9 Å². The molecule has 1 aromatic heterocycles. The molecule has 0 unspecified atom stereocenters. The quantitative estimate of drug-likeness (QED) is 0.526. The van der Waals surface area contributed by atoms with Crippen molar-refractivity contribution in [3.05, 3.63) is 28.5 Å². The van der Waals surface area contributed by atoms with E-state index in [-0.39, 0.29) is 6.29 Å². The van der Waals surface area contributed by atoms with E-state index in [2.05, 4.69) is 4.98 Å². The molecule has 0 N–H and O–H groups in total. The van der Waals surface area contributed by atoms with Crippen molar-refractivity contribution in [1.29, 1.82) is 0 Å². The molecule has 0 saturated heterocycles. The molecule has 0 aliphatic carbocycles. The Labute approximate surface area is 76.3 Å². The molecule has 0 saturated carbocycles. The fourth-order valence-corrected chi connectivity index (χ4v) is 1.01. The average Bonchev–Trinajstić information content (AvgIpc) is 2.02. The lowest BCUT2D eigenvalue weighted by Gasteiger charge is -2.08. The van der Waals surface area contributed by atoms with Gasteiger partial charge in [0.05, 0.1) is 11.1 Å². The fourth-order valence-electron chi connectivity index (χ4n) is 0.807. The summed E-state index contributed by atoms with van der Waals surface area (Å²) in [5, 5.41) is -0.440. The average molecular weight is 210 g/mol. The lowest BCUT2D eigenvalue weighted by molar-refractivity contribution is -0.137. The van der Waals surface area contributed by atoms with E-state index in [1.165, 1.54) is 0 Å². The zero-order chi connectivity index (χ0) is 10.1. The van der Waals surface area contributed by atoms with Crippen LogP contribution in [0.2, 0.25) is 5.15 Å². The third-order valence-corrected chi connectivity index (χ3v) is 1.67. The number of hydrogen-bond donors (Lipinski definition) is 0. The highest BCUT2D eigenvalue weighted by atomic mass is 35.5. The fraction of sp³-hybridized carbons (Fsp3) is 0.143. The first-order valence-corrected chi connectivity index (χ1v) is 3.51. The van der Waals surface area contributed by atoms with Crippen LogP contribution >= 0.6 is 11.6 Å². The molecule has 0 fully saturated rings. The number of nitrogens with zero attached hydrogens (tertiary/aromatic N) is 1. The van der Waals surface area contributed by atoms with E-state index in [1.54, 1.807) is 0 Å². The summed E-state index contributed by atoms with van der Waals surface area (Å²) in [4.78, 5) is 13.6. The lowest BCUT2D eigenvalue weighted by Crippen LogP contribution is -2.09. The molecule has 1 heterocycles. The zero-order valence-corrected chi connectivity index (χ0v) is 6.86. The Morgan fingerprint density at radius 2 is 2.08 bits per heavy atom. The van der Waals surface area contributed by atoms with Gasteiger partial charge < -0.3 is 0 Å². The van der Waals surface area contributed by atoms with Gasteiger partial charge in [0, 0.05) is 6.20 Å². The summed E-state index contributed by atoms with van der Waals surface area (Å²) in [5.41, 5.74) is -1.70. The van der Waals surface area contributed by atoms with E-state index < -0.39 is 22.5 Å². The SMILES string of the molecule is O=Cc1c(C(F)(F)F)ccnc1Cl. The summed E-state index contributed by atoms with van der Waals surface area (Å²) < 4.78 is 36.5. The first-order valence-electron chi connectivity index (χ1n) is 3.13. The summed E-state index contributed by atoms with van der Waals surface area (Å²) in [7, 11) is 0. The van der Waals surface area contributed by atoms with Gasteiger partial charge in [-0.2, -0.15) is 13.2 Å². The highest BCUT2D eigenvalue weighted by Crippen LogP contribution is 2.32. The second-order valence-electron chi connectivity index (χ2n) is 2.18. The molecule has 0 aliphatic heterocycles. The van der Waals surface area contributed by atoms with Crippen LogP contribution < -0.4 is 0 Å². The molecule has 13 heavy (non-hydrogen) atoms. The van der Waals surface area contributed by atoms with Crippen molar-refractivity contribution in [1.82, 2.24) is 4.98 Å². The van der Waals surface area contributed by atoms with Crippen molar-refractivity contribution in [2.75, 3.05) is 0 Å². The minimum Gasteiger partial charge on any atom is -0.298 e. The largest absolute Gasteiger partial charge is 0.417 e.